The number of nitrogens with one attached hydrogen (secondary N) is 1. The Morgan fingerprint density at radius 3 is 2.79 bits per heavy atom. The molecule has 2 aliphatic rings. The van der Waals surface area contributed by atoms with Gasteiger partial charge in [-0.1, -0.05) is 45.3 Å². The van der Waals surface area contributed by atoms with Crippen LogP contribution in [0.1, 0.15) is 60.8 Å². The zero-order chi connectivity index (χ0) is 17.9. The van der Waals surface area contributed by atoms with E-state index in [1.54, 1.807) is 0 Å². The van der Waals surface area contributed by atoms with Gasteiger partial charge in [-0.25, -0.2) is 4.79 Å². The van der Waals surface area contributed by atoms with Crippen molar-refractivity contribution in [2.75, 3.05) is 13.2 Å². The van der Waals surface area contributed by atoms with Crippen LogP contribution in [0.4, 0.5) is 4.79 Å². The highest BCUT2D eigenvalue weighted by Crippen LogP contribution is 2.53. The van der Waals surface area contributed by atoms with Crippen molar-refractivity contribution in [2.24, 2.45) is 23.2 Å². The van der Waals surface area contributed by atoms with Gasteiger partial charge in [-0.3, -0.25) is 0 Å². The number of hydrogen-bond acceptors (Lipinski definition) is 3. The molecule has 0 saturated carbocycles. The van der Waals surface area contributed by atoms with Crippen LogP contribution in [0, 0.1) is 23.2 Å². The van der Waals surface area contributed by atoms with E-state index >= 15 is 0 Å². The molecule has 1 aliphatic heterocycles. The van der Waals surface area contributed by atoms with E-state index in [1.165, 1.54) is 18.4 Å². The fourth-order valence-electron chi connectivity index (χ4n) is 4.53. The zero-order valence-electron chi connectivity index (χ0n) is 16.2. The quantitative estimate of drug-likeness (QED) is 0.724. The summed E-state index contributed by atoms with van der Waals surface area (Å²) >= 11 is 0. The second-order valence-electron chi connectivity index (χ2n) is 8.11. The average Bonchev–Trinajstić information content (AvgIpc) is 2.49. The number of carbonyl (C=O) groups excluding carboxylic acids is 1. The summed E-state index contributed by atoms with van der Waals surface area (Å²) in [7, 11) is 0. The van der Waals surface area contributed by atoms with E-state index in [1.807, 2.05) is 13.8 Å². The van der Waals surface area contributed by atoms with Gasteiger partial charge in [-0.05, 0) is 39.0 Å². The van der Waals surface area contributed by atoms with E-state index in [9.17, 15) is 4.79 Å². The second kappa shape index (κ2) is 7.90. The lowest BCUT2D eigenvalue weighted by Gasteiger charge is -2.55. The normalized spacial score (nSPS) is 35.5. The van der Waals surface area contributed by atoms with Gasteiger partial charge in [-0.15, -0.1) is 0 Å². The highest BCUT2D eigenvalue weighted by atomic mass is 16.6. The van der Waals surface area contributed by atoms with Crippen molar-refractivity contribution in [1.29, 1.82) is 0 Å². The van der Waals surface area contributed by atoms with Crippen LogP contribution in [0.5, 0.6) is 0 Å². The standard InChI is InChI=1S/C20H35NO3/c1-7-8-9-17-18-14(4)10-15(5)20(11-23-17,16(18)6)12-24-19(22)21-13(2)3/h10,13,15-18H,7-9,11-12H2,1-6H3,(H,21,22)/t15-,16+,17+,18-,20+/m0/s1. The third-order valence-electron chi connectivity index (χ3n) is 6.08. The largest absolute Gasteiger partial charge is 0.449 e. The molecule has 4 nitrogen and oxygen atoms in total. The van der Waals surface area contributed by atoms with Crippen molar-refractivity contribution in [2.45, 2.75) is 73.0 Å². The summed E-state index contributed by atoms with van der Waals surface area (Å²) in [5.74, 6) is 1.25. The van der Waals surface area contributed by atoms with Crippen molar-refractivity contribution < 1.29 is 14.3 Å². The number of amides is 1. The van der Waals surface area contributed by atoms with Crippen LogP contribution in [0.2, 0.25) is 0 Å². The minimum absolute atomic E-state index is 0.0899. The Morgan fingerprint density at radius 1 is 1.46 bits per heavy atom. The average molecular weight is 338 g/mol. The number of rotatable bonds is 6. The maximum Gasteiger partial charge on any atom is 0.407 e. The first-order chi connectivity index (χ1) is 11.3. The SMILES string of the molecule is CCCC[C@H]1OC[C@]2(COC(=O)NC(C)C)[C@H](C)[C@@H]1C(C)=C[C@@H]2C. The summed E-state index contributed by atoms with van der Waals surface area (Å²) in [5, 5.41) is 2.81. The van der Waals surface area contributed by atoms with Crippen molar-refractivity contribution in [1.82, 2.24) is 5.32 Å². The molecule has 0 aromatic heterocycles. The third-order valence-corrected chi connectivity index (χ3v) is 6.08. The Hall–Kier alpha value is -1.03. The van der Waals surface area contributed by atoms with Gasteiger partial charge in [0.15, 0.2) is 0 Å². The first kappa shape index (κ1) is 19.3. The van der Waals surface area contributed by atoms with Crippen LogP contribution in [0.15, 0.2) is 11.6 Å². The first-order valence-corrected chi connectivity index (χ1v) is 9.55. The van der Waals surface area contributed by atoms with Gasteiger partial charge in [-0.2, -0.15) is 0 Å². The number of unbranched alkanes of at least 4 members (excludes halogenated alkanes) is 1. The number of allylic oxidation sites excluding steroid dienone is 1. The third kappa shape index (κ3) is 3.79. The topological polar surface area (TPSA) is 47.6 Å². The van der Waals surface area contributed by atoms with Gasteiger partial charge in [0.05, 0.1) is 12.7 Å². The van der Waals surface area contributed by atoms with Gasteiger partial charge in [0.25, 0.3) is 0 Å². The molecule has 1 amide bonds. The molecular formula is C20H35NO3. The molecule has 24 heavy (non-hydrogen) atoms. The van der Waals surface area contributed by atoms with Crippen LogP contribution in [0.25, 0.3) is 0 Å². The maximum atomic E-state index is 11.9. The van der Waals surface area contributed by atoms with Gasteiger partial charge in [0.1, 0.15) is 6.61 Å². The summed E-state index contributed by atoms with van der Waals surface area (Å²) in [5.41, 5.74) is 1.33. The first-order valence-electron chi connectivity index (χ1n) is 9.55. The highest BCUT2D eigenvalue weighted by Gasteiger charge is 2.53. The molecule has 1 heterocycles. The van der Waals surface area contributed by atoms with Crippen LogP contribution < -0.4 is 5.32 Å². The predicted octanol–water partition coefficient (Wildman–Crippen LogP) is 4.54. The van der Waals surface area contributed by atoms with Crippen molar-refractivity contribution in [3.63, 3.8) is 0 Å². The summed E-state index contributed by atoms with van der Waals surface area (Å²) in [6.07, 6.45) is 5.89. The lowest BCUT2D eigenvalue weighted by molar-refractivity contribution is -0.165. The maximum absolute atomic E-state index is 11.9. The smallest absolute Gasteiger partial charge is 0.407 e. The number of carbonyl (C=O) groups is 1. The summed E-state index contributed by atoms with van der Waals surface area (Å²) in [4.78, 5) is 11.9. The van der Waals surface area contributed by atoms with E-state index in [4.69, 9.17) is 9.47 Å². The molecule has 5 atom stereocenters. The second-order valence-corrected chi connectivity index (χ2v) is 8.11. The van der Waals surface area contributed by atoms with E-state index in [0.29, 0.717) is 37.1 Å². The molecule has 1 saturated heterocycles. The molecule has 0 aromatic rings. The summed E-state index contributed by atoms with van der Waals surface area (Å²) in [6, 6.07) is 0.0899. The molecule has 1 aliphatic carbocycles. The minimum Gasteiger partial charge on any atom is -0.449 e. The molecule has 138 valence electrons. The van der Waals surface area contributed by atoms with Gasteiger partial charge in [0, 0.05) is 17.4 Å². The Bertz CT molecular complexity index is 474. The molecule has 0 radical (unpaired) electrons. The Labute approximate surface area is 147 Å². The van der Waals surface area contributed by atoms with Gasteiger partial charge < -0.3 is 14.8 Å². The molecule has 1 fully saturated rings. The zero-order valence-corrected chi connectivity index (χ0v) is 16.2. The van der Waals surface area contributed by atoms with Gasteiger partial charge in [0.2, 0.25) is 0 Å². The Morgan fingerprint density at radius 2 is 2.17 bits per heavy atom. The van der Waals surface area contributed by atoms with Crippen molar-refractivity contribution in [3.05, 3.63) is 11.6 Å². The fraction of sp³-hybridized carbons (Fsp3) is 0.850. The van der Waals surface area contributed by atoms with E-state index < -0.39 is 0 Å². The van der Waals surface area contributed by atoms with Crippen LogP contribution in [-0.4, -0.2) is 31.5 Å². The lowest BCUT2D eigenvalue weighted by Crippen LogP contribution is -2.57. The van der Waals surface area contributed by atoms with E-state index in [-0.39, 0.29) is 17.6 Å². The molecule has 0 unspecified atom stereocenters. The number of hydrogen-bond donors (Lipinski definition) is 1. The summed E-state index contributed by atoms with van der Waals surface area (Å²) < 4.78 is 11.9. The van der Waals surface area contributed by atoms with Crippen molar-refractivity contribution in [3.8, 4) is 0 Å². The predicted molar refractivity (Wildman–Crippen MR) is 96.9 cm³/mol. The number of fused-ring (bicyclic) bond motifs is 2. The molecule has 0 aromatic carbocycles. The highest BCUT2D eigenvalue weighted by molar-refractivity contribution is 5.67. The molecule has 4 heteroatoms. The van der Waals surface area contributed by atoms with E-state index in [0.717, 1.165) is 6.42 Å². The molecule has 1 N–H and O–H groups in total. The monoisotopic (exact) mass is 337 g/mol. The lowest BCUT2D eigenvalue weighted by atomic mass is 9.56. The Balaban J connectivity index is 2.13. The minimum atomic E-state index is -0.324. The molecule has 2 bridgehead atoms. The van der Waals surface area contributed by atoms with Gasteiger partial charge >= 0.3 is 6.09 Å². The van der Waals surface area contributed by atoms with Crippen molar-refractivity contribution >= 4 is 6.09 Å². The summed E-state index contributed by atoms with van der Waals surface area (Å²) in [6.45, 7) is 14.0. The fourth-order valence-corrected chi connectivity index (χ4v) is 4.53. The van der Waals surface area contributed by atoms with E-state index in [2.05, 4.69) is 39.1 Å². The van der Waals surface area contributed by atoms with Crippen LogP contribution in [0.3, 0.4) is 0 Å². The molecule has 0 spiro atoms. The number of alkyl carbamates (subject to hydrolysis) is 1. The molecular weight excluding hydrogens is 302 g/mol. The van der Waals surface area contributed by atoms with Crippen LogP contribution in [-0.2, 0) is 9.47 Å². The Kier molecular flexibility index (Phi) is 6.35. The molecule has 2 rings (SSSR count). The number of ether oxygens (including phenoxy) is 2. The van der Waals surface area contributed by atoms with Crippen LogP contribution >= 0.6 is 0 Å².